The molecule has 1 heterocycles. The third-order valence-corrected chi connectivity index (χ3v) is 5.47. The standard InChI is InChI=1S/C21H18N4O3S/c22-14-6-8-15(9-7-14)24-20(13-4-2-1-3-5-13)19-17-12-16(29(23,27)28)10-11-18(17)25-21(19)26/h1-12,24H,22H2,(H,25,26)(H2,23,27,28)/b20-19-. The molecule has 0 atom stereocenters. The minimum atomic E-state index is -3.92. The monoisotopic (exact) mass is 406 g/mol. The van der Waals surface area contributed by atoms with Crippen molar-refractivity contribution in [2.75, 3.05) is 16.4 Å². The zero-order chi connectivity index (χ0) is 20.6. The van der Waals surface area contributed by atoms with Crippen molar-refractivity contribution >= 4 is 44.3 Å². The van der Waals surface area contributed by atoms with E-state index >= 15 is 0 Å². The first kappa shape index (κ1) is 18.7. The number of anilines is 3. The molecule has 6 N–H and O–H groups in total. The summed E-state index contributed by atoms with van der Waals surface area (Å²) in [5, 5.41) is 11.3. The second-order valence-corrected chi connectivity index (χ2v) is 8.13. The Balaban J connectivity index is 1.94. The third kappa shape index (κ3) is 3.71. The van der Waals surface area contributed by atoms with Gasteiger partial charge in [0, 0.05) is 22.6 Å². The summed E-state index contributed by atoms with van der Waals surface area (Å²) in [6, 6.07) is 20.7. The number of carbonyl (C=O) groups excluding carboxylic acids is 1. The van der Waals surface area contributed by atoms with Gasteiger partial charge in [-0.15, -0.1) is 0 Å². The van der Waals surface area contributed by atoms with Crippen LogP contribution in [0.3, 0.4) is 0 Å². The van der Waals surface area contributed by atoms with Gasteiger partial charge in [-0.2, -0.15) is 0 Å². The zero-order valence-corrected chi connectivity index (χ0v) is 16.0. The van der Waals surface area contributed by atoms with Crippen LogP contribution in [0.25, 0.3) is 11.3 Å². The molecule has 0 saturated carbocycles. The van der Waals surface area contributed by atoms with Gasteiger partial charge in [0.25, 0.3) is 5.91 Å². The van der Waals surface area contributed by atoms with E-state index in [0.717, 1.165) is 11.3 Å². The van der Waals surface area contributed by atoms with Crippen molar-refractivity contribution in [3.05, 3.63) is 83.9 Å². The Hall–Kier alpha value is -3.62. The van der Waals surface area contributed by atoms with E-state index in [1.54, 1.807) is 24.3 Å². The predicted octanol–water partition coefficient (Wildman–Crippen LogP) is 2.85. The minimum absolute atomic E-state index is 0.0647. The molecule has 8 heteroatoms. The molecule has 0 saturated heterocycles. The van der Waals surface area contributed by atoms with Gasteiger partial charge in [0.05, 0.1) is 16.2 Å². The van der Waals surface area contributed by atoms with E-state index in [1.807, 2.05) is 30.3 Å². The lowest BCUT2D eigenvalue weighted by molar-refractivity contribution is -0.110. The lowest BCUT2D eigenvalue weighted by atomic mass is 10.00. The molecular weight excluding hydrogens is 388 g/mol. The fourth-order valence-electron chi connectivity index (χ4n) is 3.17. The highest BCUT2D eigenvalue weighted by Crippen LogP contribution is 2.38. The molecule has 4 rings (SSSR count). The fraction of sp³-hybridized carbons (Fsp3) is 0. The average molecular weight is 406 g/mol. The van der Waals surface area contributed by atoms with Crippen LogP contribution in [0, 0.1) is 0 Å². The number of nitrogens with two attached hydrogens (primary N) is 2. The fourth-order valence-corrected chi connectivity index (χ4v) is 3.71. The van der Waals surface area contributed by atoms with Gasteiger partial charge >= 0.3 is 0 Å². The number of hydrogen-bond donors (Lipinski definition) is 4. The summed E-state index contributed by atoms with van der Waals surface area (Å²) in [7, 11) is -3.92. The summed E-state index contributed by atoms with van der Waals surface area (Å²) in [4.78, 5) is 12.8. The zero-order valence-electron chi connectivity index (χ0n) is 15.2. The molecule has 7 nitrogen and oxygen atoms in total. The lowest BCUT2D eigenvalue weighted by Crippen LogP contribution is -2.12. The molecule has 1 amide bonds. The normalized spacial score (nSPS) is 14.9. The number of nitrogen functional groups attached to an aromatic ring is 1. The van der Waals surface area contributed by atoms with E-state index < -0.39 is 10.0 Å². The molecule has 1 aliphatic heterocycles. The number of nitrogens with one attached hydrogen (secondary N) is 2. The van der Waals surface area contributed by atoms with Gasteiger partial charge in [-0.1, -0.05) is 30.3 Å². The van der Waals surface area contributed by atoms with Gasteiger partial charge in [-0.05, 0) is 48.0 Å². The van der Waals surface area contributed by atoms with Crippen LogP contribution in [-0.4, -0.2) is 14.3 Å². The molecule has 29 heavy (non-hydrogen) atoms. The Kier molecular flexibility index (Phi) is 4.57. The van der Waals surface area contributed by atoms with Gasteiger partial charge < -0.3 is 16.4 Å². The minimum Gasteiger partial charge on any atom is -0.399 e. The molecular formula is C21H18N4O3S. The Labute approximate surface area is 168 Å². The largest absolute Gasteiger partial charge is 0.399 e. The van der Waals surface area contributed by atoms with Gasteiger partial charge in [-0.25, -0.2) is 13.6 Å². The Bertz CT molecular complexity index is 1230. The van der Waals surface area contributed by atoms with Crippen LogP contribution in [0.4, 0.5) is 17.1 Å². The Morgan fingerprint density at radius 1 is 0.931 bits per heavy atom. The van der Waals surface area contributed by atoms with E-state index in [9.17, 15) is 13.2 Å². The summed E-state index contributed by atoms with van der Waals surface area (Å²) in [5.41, 5.74) is 9.72. The van der Waals surface area contributed by atoms with Gasteiger partial charge in [0.2, 0.25) is 10.0 Å². The second kappa shape index (κ2) is 7.08. The molecule has 0 unspecified atom stereocenters. The predicted molar refractivity (Wildman–Crippen MR) is 114 cm³/mol. The van der Waals surface area contributed by atoms with Crippen LogP contribution >= 0.6 is 0 Å². The molecule has 3 aromatic carbocycles. The number of fused-ring (bicyclic) bond motifs is 1. The lowest BCUT2D eigenvalue weighted by Gasteiger charge is -2.15. The number of carbonyl (C=O) groups is 1. The highest BCUT2D eigenvalue weighted by Gasteiger charge is 2.29. The summed E-state index contributed by atoms with van der Waals surface area (Å²) in [5.74, 6) is -0.339. The summed E-state index contributed by atoms with van der Waals surface area (Å²) < 4.78 is 23.6. The number of hydrogen-bond acceptors (Lipinski definition) is 5. The van der Waals surface area contributed by atoms with E-state index in [4.69, 9.17) is 10.9 Å². The van der Waals surface area contributed by atoms with Crippen molar-refractivity contribution in [1.29, 1.82) is 0 Å². The van der Waals surface area contributed by atoms with E-state index in [-0.39, 0.29) is 10.8 Å². The SMILES string of the molecule is Nc1ccc(N/C(=C2\C(=O)Nc3ccc(S(N)(=O)=O)cc32)c2ccccc2)cc1. The van der Waals surface area contributed by atoms with Gasteiger partial charge in [-0.3, -0.25) is 4.79 Å². The number of sulfonamides is 1. The Morgan fingerprint density at radius 3 is 2.28 bits per heavy atom. The van der Waals surface area contributed by atoms with Crippen molar-refractivity contribution in [2.24, 2.45) is 5.14 Å². The number of primary sulfonamides is 1. The van der Waals surface area contributed by atoms with Crippen LogP contribution in [0.1, 0.15) is 11.1 Å². The van der Waals surface area contributed by atoms with Crippen LogP contribution < -0.4 is 21.5 Å². The van der Waals surface area contributed by atoms with Gasteiger partial charge in [0.1, 0.15) is 0 Å². The number of amides is 1. The maximum Gasteiger partial charge on any atom is 0.258 e. The van der Waals surface area contributed by atoms with Gasteiger partial charge in [0.15, 0.2) is 0 Å². The molecule has 0 aromatic heterocycles. The first-order chi connectivity index (χ1) is 13.8. The second-order valence-electron chi connectivity index (χ2n) is 6.57. The van der Waals surface area contributed by atoms with E-state index in [0.29, 0.717) is 28.2 Å². The molecule has 0 bridgehead atoms. The molecule has 146 valence electrons. The van der Waals surface area contributed by atoms with Crippen LogP contribution in [0.2, 0.25) is 0 Å². The maximum absolute atomic E-state index is 12.8. The summed E-state index contributed by atoms with van der Waals surface area (Å²) >= 11 is 0. The number of benzene rings is 3. The van der Waals surface area contributed by atoms with Crippen molar-refractivity contribution in [3.63, 3.8) is 0 Å². The Morgan fingerprint density at radius 2 is 1.62 bits per heavy atom. The summed E-state index contributed by atoms with van der Waals surface area (Å²) in [6.07, 6.45) is 0. The van der Waals surface area contributed by atoms with E-state index in [1.165, 1.54) is 18.2 Å². The van der Waals surface area contributed by atoms with Crippen molar-refractivity contribution in [1.82, 2.24) is 0 Å². The molecule has 0 aliphatic carbocycles. The molecule has 0 radical (unpaired) electrons. The molecule has 0 spiro atoms. The highest BCUT2D eigenvalue weighted by molar-refractivity contribution is 7.89. The first-order valence-corrected chi connectivity index (χ1v) is 10.3. The summed E-state index contributed by atoms with van der Waals surface area (Å²) in [6.45, 7) is 0. The first-order valence-electron chi connectivity index (χ1n) is 8.74. The smallest absolute Gasteiger partial charge is 0.258 e. The van der Waals surface area contributed by atoms with Crippen LogP contribution in [0.5, 0.6) is 0 Å². The molecule has 3 aromatic rings. The topological polar surface area (TPSA) is 127 Å². The maximum atomic E-state index is 12.8. The highest BCUT2D eigenvalue weighted by atomic mass is 32.2. The third-order valence-electron chi connectivity index (χ3n) is 4.56. The van der Waals surface area contributed by atoms with Crippen LogP contribution in [0.15, 0.2) is 77.7 Å². The molecule has 0 fully saturated rings. The average Bonchev–Trinajstić information content (AvgIpc) is 3.02. The quantitative estimate of drug-likeness (QED) is 0.391. The number of rotatable bonds is 4. The van der Waals surface area contributed by atoms with Crippen LogP contribution in [-0.2, 0) is 14.8 Å². The van der Waals surface area contributed by atoms with Crippen molar-refractivity contribution in [2.45, 2.75) is 4.90 Å². The molecule has 1 aliphatic rings. The van der Waals surface area contributed by atoms with Crippen molar-refractivity contribution < 1.29 is 13.2 Å². The van der Waals surface area contributed by atoms with Crippen molar-refractivity contribution in [3.8, 4) is 0 Å². The van der Waals surface area contributed by atoms with E-state index in [2.05, 4.69) is 10.6 Å².